The van der Waals surface area contributed by atoms with Gasteiger partial charge >= 0.3 is 15.3 Å². The Kier molecular flexibility index (Phi) is 4.35. The van der Waals surface area contributed by atoms with Gasteiger partial charge in [0.25, 0.3) is 0 Å². The third-order valence-corrected chi connectivity index (χ3v) is 2.00. The van der Waals surface area contributed by atoms with Crippen LogP contribution >= 0.6 is 0 Å². The van der Waals surface area contributed by atoms with Gasteiger partial charge in [0.15, 0.2) is 0 Å². The van der Waals surface area contributed by atoms with Crippen molar-refractivity contribution >= 4 is 21.2 Å². The van der Waals surface area contributed by atoms with Crippen LogP contribution in [0.4, 0.5) is 4.79 Å². The summed E-state index contributed by atoms with van der Waals surface area (Å²) in [5, 5.41) is 6.63. The zero-order valence-electron chi connectivity index (χ0n) is 6.56. The molecule has 0 saturated carbocycles. The molecule has 13 heavy (non-hydrogen) atoms. The topological polar surface area (TPSA) is 127 Å². The lowest BCUT2D eigenvalue weighted by atomic mass is 10.3. The zero-order valence-corrected chi connectivity index (χ0v) is 7.37. The van der Waals surface area contributed by atoms with E-state index in [0.717, 1.165) is 6.42 Å². The third-order valence-electron chi connectivity index (χ3n) is 0.972. The summed E-state index contributed by atoms with van der Waals surface area (Å²) >= 11 is 0. The van der Waals surface area contributed by atoms with Crippen LogP contribution < -0.4 is 10.5 Å². The van der Waals surface area contributed by atoms with Crippen molar-refractivity contribution in [3.63, 3.8) is 0 Å². The summed E-state index contributed by atoms with van der Waals surface area (Å²) in [6.45, 7) is -0.357. The van der Waals surface area contributed by atoms with Crippen LogP contribution in [-0.2, 0) is 14.8 Å². The van der Waals surface area contributed by atoms with Crippen LogP contribution in [0.15, 0.2) is 0 Å². The van der Waals surface area contributed by atoms with E-state index in [-0.39, 0.29) is 13.0 Å². The molecule has 8 heteroatoms. The summed E-state index contributed by atoms with van der Waals surface area (Å²) in [4.78, 5) is 20.9. The lowest BCUT2D eigenvalue weighted by Gasteiger charge is -2.01. The molecule has 0 fully saturated rings. The molecule has 2 amide bonds. The minimum Gasteiger partial charge on any atom is -0.396 e. The van der Waals surface area contributed by atoms with E-state index in [0.29, 0.717) is 0 Å². The highest BCUT2D eigenvalue weighted by Crippen LogP contribution is 1.89. The van der Waals surface area contributed by atoms with E-state index in [1.807, 2.05) is 0 Å². The second-order valence-electron chi connectivity index (χ2n) is 2.02. The summed E-state index contributed by atoms with van der Waals surface area (Å²) in [5.74, 6) is -0.923. The molecule has 4 N–H and O–H groups in total. The zero-order chi connectivity index (χ0) is 10.5. The molecule has 75 valence electrons. The molecule has 0 heterocycles. The maximum atomic E-state index is 10.7. The molecule has 0 aromatic rings. The van der Waals surface area contributed by atoms with E-state index in [1.165, 1.54) is 4.72 Å². The summed E-state index contributed by atoms with van der Waals surface area (Å²) in [6, 6.07) is 0. The molecule has 0 bridgehead atoms. The summed E-state index contributed by atoms with van der Waals surface area (Å²) in [7, 11) is -4.39. The molecule has 0 atom stereocenters. The van der Waals surface area contributed by atoms with E-state index in [9.17, 15) is 18.0 Å². The number of hydrogen-bond donors (Lipinski definition) is 3. The van der Waals surface area contributed by atoms with Gasteiger partial charge in [-0.1, -0.05) is 0 Å². The van der Waals surface area contributed by atoms with Gasteiger partial charge in [0.05, 0.1) is 0 Å². The Morgan fingerprint density at radius 3 is 2.38 bits per heavy atom. The molecule has 1 radical (unpaired) electrons. The highest BCUT2D eigenvalue weighted by atomic mass is 32.2. The largest absolute Gasteiger partial charge is 0.396 e. The van der Waals surface area contributed by atoms with Crippen LogP contribution in [0, 0.1) is 6.42 Å². The molecule has 7 nitrogen and oxygen atoms in total. The summed E-state index contributed by atoms with van der Waals surface area (Å²) in [6.07, 6.45) is 0.828. The molecule has 0 saturated heterocycles. The molecular formula is C5H9N2O5S. The number of carbonyl (C=O) groups excluding carboxylic acids is 2. The normalized spacial score (nSPS) is 10.8. The van der Waals surface area contributed by atoms with E-state index in [4.69, 9.17) is 5.11 Å². The Balaban J connectivity index is 4.14. The Hall–Kier alpha value is -1.15. The number of amides is 2. The highest BCUT2D eigenvalue weighted by molar-refractivity contribution is 8.04. The molecular weight excluding hydrogens is 200 g/mol. The number of aliphatic hydroxyl groups excluding tert-OH is 1. The number of sulfonamides is 1. The smallest absolute Gasteiger partial charge is 0.354 e. The second-order valence-corrected chi connectivity index (χ2v) is 3.64. The molecule has 0 aliphatic rings. The fourth-order valence-corrected chi connectivity index (χ4v) is 0.921. The van der Waals surface area contributed by atoms with Crippen LogP contribution in [0.1, 0.15) is 6.42 Å². The maximum absolute atomic E-state index is 10.7. The van der Waals surface area contributed by atoms with Gasteiger partial charge in [0.2, 0.25) is 5.91 Å². The van der Waals surface area contributed by atoms with Crippen molar-refractivity contribution in [3.05, 3.63) is 6.42 Å². The first-order valence-corrected chi connectivity index (χ1v) is 4.66. The van der Waals surface area contributed by atoms with Gasteiger partial charge in [-0.3, -0.25) is 9.59 Å². The molecule has 0 aliphatic carbocycles. The number of rotatable bonds is 3. The van der Waals surface area contributed by atoms with Crippen molar-refractivity contribution in [2.45, 2.75) is 6.42 Å². The average molecular weight is 209 g/mol. The number of hydrogen-bond acceptors (Lipinski definition) is 5. The van der Waals surface area contributed by atoms with Crippen molar-refractivity contribution in [2.75, 3.05) is 6.61 Å². The van der Waals surface area contributed by atoms with Gasteiger partial charge in [0, 0.05) is 13.0 Å². The first kappa shape index (κ1) is 11.8. The van der Waals surface area contributed by atoms with Gasteiger partial charge in [-0.15, -0.1) is 0 Å². The fraction of sp³-hybridized carbons (Fsp3) is 0.400. The molecule has 0 spiro atoms. The van der Waals surface area contributed by atoms with E-state index in [1.54, 1.807) is 0 Å². The highest BCUT2D eigenvalue weighted by Gasteiger charge is 2.20. The monoisotopic (exact) mass is 209 g/mol. The minimum atomic E-state index is -4.39. The fourth-order valence-electron chi connectivity index (χ4n) is 0.437. The maximum Gasteiger partial charge on any atom is 0.354 e. The van der Waals surface area contributed by atoms with Crippen LogP contribution in [0.5, 0.6) is 0 Å². The predicted molar refractivity (Wildman–Crippen MR) is 42.6 cm³/mol. The first-order valence-electron chi connectivity index (χ1n) is 3.17. The third kappa shape index (κ3) is 4.43. The molecule has 0 unspecified atom stereocenters. The SMILES string of the molecule is NC(=O)S(=O)(=O)NC(=O)C[CH]CO. The molecule has 0 aromatic heterocycles. The summed E-state index contributed by atoms with van der Waals surface area (Å²) < 4.78 is 22.6. The number of nitrogens with two attached hydrogens (primary N) is 1. The Morgan fingerprint density at radius 2 is 2.00 bits per heavy atom. The number of carbonyl (C=O) groups is 2. The van der Waals surface area contributed by atoms with Gasteiger partial charge in [-0.05, 0) is 6.42 Å². The molecule has 0 rings (SSSR count). The number of aliphatic hydroxyl groups is 1. The van der Waals surface area contributed by atoms with Crippen molar-refractivity contribution in [2.24, 2.45) is 5.73 Å². The lowest BCUT2D eigenvalue weighted by Crippen LogP contribution is -2.38. The number of primary amides is 1. The Bertz CT molecular complexity index is 296. The van der Waals surface area contributed by atoms with Crippen LogP contribution in [-0.4, -0.2) is 31.3 Å². The minimum absolute atomic E-state index is 0.303. The van der Waals surface area contributed by atoms with E-state index < -0.39 is 21.2 Å². The van der Waals surface area contributed by atoms with Gasteiger partial charge in [-0.2, -0.15) is 8.42 Å². The van der Waals surface area contributed by atoms with Crippen molar-refractivity contribution < 1.29 is 23.1 Å². The summed E-state index contributed by atoms with van der Waals surface area (Å²) in [5.41, 5.74) is 4.45. The van der Waals surface area contributed by atoms with E-state index in [2.05, 4.69) is 5.73 Å². The van der Waals surface area contributed by atoms with Crippen molar-refractivity contribution in [3.8, 4) is 0 Å². The second kappa shape index (κ2) is 4.77. The van der Waals surface area contributed by atoms with E-state index >= 15 is 0 Å². The Morgan fingerprint density at radius 1 is 1.46 bits per heavy atom. The number of nitrogens with one attached hydrogen (secondary N) is 1. The van der Waals surface area contributed by atoms with Crippen LogP contribution in [0.2, 0.25) is 0 Å². The quantitative estimate of drug-likeness (QED) is 0.500. The van der Waals surface area contributed by atoms with Crippen molar-refractivity contribution in [1.29, 1.82) is 0 Å². The molecule has 0 aliphatic heterocycles. The molecule has 0 aromatic carbocycles. The lowest BCUT2D eigenvalue weighted by molar-refractivity contribution is -0.118. The predicted octanol–water partition coefficient (Wildman–Crippen LogP) is -1.90. The first-order chi connectivity index (χ1) is 5.90. The Labute approximate surface area is 75.0 Å². The standard InChI is InChI=1S/C5H9N2O5S/c6-5(10)13(11,12)7-4(9)2-1-3-8/h1,8H,2-3H2,(H2,6,10)(H,7,9). The average Bonchev–Trinajstić information content (AvgIpc) is 1.99. The van der Waals surface area contributed by atoms with Gasteiger partial charge in [0.1, 0.15) is 0 Å². The van der Waals surface area contributed by atoms with Gasteiger partial charge in [-0.25, -0.2) is 4.72 Å². The van der Waals surface area contributed by atoms with Crippen LogP contribution in [0.3, 0.4) is 0 Å². The van der Waals surface area contributed by atoms with Gasteiger partial charge < -0.3 is 10.8 Å². The van der Waals surface area contributed by atoms with Crippen LogP contribution in [0.25, 0.3) is 0 Å². The van der Waals surface area contributed by atoms with Crippen molar-refractivity contribution in [1.82, 2.24) is 4.72 Å².